The van der Waals surface area contributed by atoms with Crippen molar-refractivity contribution >= 4 is 17.7 Å². The van der Waals surface area contributed by atoms with Gasteiger partial charge in [0.15, 0.2) is 5.16 Å². The number of ether oxygens (including phenoxy) is 2. The normalized spacial score (nSPS) is 20.6. The summed E-state index contributed by atoms with van der Waals surface area (Å²) >= 11 is 1.75. The van der Waals surface area contributed by atoms with Crippen LogP contribution < -0.4 is 4.90 Å². The minimum absolute atomic E-state index is 0.265. The molecule has 0 bridgehead atoms. The van der Waals surface area contributed by atoms with Gasteiger partial charge < -0.3 is 14.4 Å². The molecule has 140 valence electrons. The van der Waals surface area contributed by atoms with Gasteiger partial charge in [0, 0.05) is 37.3 Å². The lowest BCUT2D eigenvalue weighted by Gasteiger charge is -2.28. The maximum absolute atomic E-state index is 5.86. The van der Waals surface area contributed by atoms with Crippen LogP contribution in [0.15, 0.2) is 29.6 Å². The van der Waals surface area contributed by atoms with Crippen LogP contribution in [0, 0.1) is 0 Å². The minimum atomic E-state index is 0.265. The summed E-state index contributed by atoms with van der Waals surface area (Å²) in [5.74, 6) is 1.88. The van der Waals surface area contributed by atoms with Crippen molar-refractivity contribution in [3.8, 4) is 0 Å². The van der Waals surface area contributed by atoms with Crippen molar-refractivity contribution in [3.05, 3.63) is 30.1 Å². The van der Waals surface area contributed by atoms with Crippen LogP contribution in [0.5, 0.6) is 0 Å². The van der Waals surface area contributed by atoms with Crippen molar-refractivity contribution < 1.29 is 9.47 Å². The Balaban J connectivity index is 1.46. The monoisotopic (exact) mass is 375 g/mol. The van der Waals surface area contributed by atoms with E-state index in [1.54, 1.807) is 11.8 Å². The molecule has 2 aromatic rings. The lowest BCUT2D eigenvalue weighted by atomic mass is 10.2. The zero-order chi connectivity index (χ0) is 17.6. The van der Waals surface area contributed by atoms with E-state index >= 15 is 0 Å². The van der Waals surface area contributed by atoms with E-state index in [0.717, 1.165) is 81.3 Å². The Morgan fingerprint density at radius 3 is 2.85 bits per heavy atom. The molecule has 2 aliphatic heterocycles. The lowest BCUT2D eigenvalue weighted by Crippen LogP contribution is -2.38. The number of aryl methyl sites for hydroxylation is 1. The summed E-state index contributed by atoms with van der Waals surface area (Å²) in [6.45, 7) is 4.90. The smallest absolute Gasteiger partial charge is 0.228 e. The van der Waals surface area contributed by atoms with Crippen LogP contribution in [0.4, 0.5) is 5.95 Å². The predicted molar refractivity (Wildman–Crippen MR) is 101 cm³/mol. The van der Waals surface area contributed by atoms with Gasteiger partial charge in [-0.2, -0.15) is 0 Å². The topological polar surface area (TPSA) is 65.3 Å². The van der Waals surface area contributed by atoms with Crippen LogP contribution in [-0.4, -0.2) is 64.5 Å². The highest BCUT2D eigenvalue weighted by molar-refractivity contribution is 7.99. The number of morpholine rings is 1. The van der Waals surface area contributed by atoms with Crippen LogP contribution in [0.1, 0.15) is 18.5 Å². The fourth-order valence-corrected chi connectivity index (χ4v) is 4.23. The first-order valence-electron chi connectivity index (χ1n) is 9.30. The molecule has 0 amide bonds. The molecule has 26 heavy (non-hydrogen) atoms. The highest BCUT2D eigenvalue weighted by Crippen LogP contribution is 2.26. The molecule has 0 saturated carbocycles. The summed E-state index contributed by atoms with van der Waals surface area (Å²) in [5, 5.41) is 9.95. The molecule has 7 nitrogen and oxygen atoms in total. The molecule has 2 saturated heterocycles. The maximum atomic E-state index is 5.86. The molecule has 1 atom stereocenters. The Morgan fingerprint density at radius 2 is 2.08 bits per heavy atom. The van der Waals surface area contributed by atoms with Gasteiger partial charge in [0.1, 0.15) is 0 Å². The van der Waals surface area contributed by atoms with Crippen molar-refractivity contribution in [3.63, 3.8) is 0 Å². The van der Waals surface area contributed by atoms with Gasteiger partial charge in [0.2, 0.25) is 5.95 Å². The average molecular weight is 375 g/mol. The molecular weight excluding hydrogens is 350 g/mol. The summed E-state index contributed by atoms with van der Waals surface area (Å²) in [6.07, 6.45) is 5.28. The highest BCUT2D eigenvalue weighted by Gasteiger charge is 2.24. The van der Waals surface area contributed by atoms with Gasteiger partial charge in [-0.25, -0.2) is 0 Å². The molecule has 8 heteroatoms. The fraction of sp³-hybridized carbons (Fsp3) is 0.611. The van der Waals surface area contributed by atoms with Gasteiger partial charge in [-0.1, -0.05) is 17.8 Å². The molecule has 0 radical (unpaired) electrons. The summed E-state index contributed by atoms with van der Waals surface area (Å²) < 4.78 is 13.6. The van der Waals surface area contributed by atoms with E-state index in [1.807, 2.05) is 18.3 Å². The lowest BCUT2D eigenvalue weighted by molar-refractivity contribution is 0.0942. The molecule has 2 aliphatic rings. The third-order valence-electron chi connectivity index (χ3n) is 4.72. The predicted octanol–water partition coefficient (Wildman–Crippen LogP) is 2.02. The average Bonchev–Trinajstić information content (AvgIpc) is 3.34. The van der Waals surface area contributed by atoms with E-state index in [-0.39, 0.29) is 6.10 Å². The second-order valence-corrected chi connectivity index (χ2v) is 7.61. The Morgan fingerprint density at radius 1 is 1.15 bits per heavy atom. The van der Waals surface area contributed by atoms with Crippen molar-refractivity contribution in [2.75, 3.05) is 43.6 Å². The number of anilines is 1. The molecule has 0 N–H and O–H groups in total. The molecule has 4 rings (SSSR count). The first-order valence-corrected chi connectivity index (χ1v) is 10.3. The van der Waals surface area contributed by atoms with Crippen LogP contribution in [0.2, 0.25) is 0 Å². The van der Waals surface area contributed by atoms with E-state index in [4.69, 9.17) is 9.47 Å². The Hall–Kier alpha value is -1.64. The molecular formula is C18H25N5O2S. The molecule has 1 unspecified atom stereocenters. The Bertz CT molecular complexity index is 684. The molecule has 2 fully saturated rings. The molecule has 0 spiro atoms. The van der Waals surface area contributed by atoms with Crippen LogP contribution in [0.25, 0.3) is 0 Å². The first-order chi connectivity index (χ1) is 12.9. The summed E-state index contributed by atoms with van der Waals surface area (Å²) in [5.41, 5.74) is 1.11. The standard InChI is InChI=1S/C18H25N5O2S/c1-2-7-19-15(4-1)6-13-26-18-21-20-17(22-8-11-24-12-9-22)23(18)14-16-5-3-10-25-16/h1-2,4,7,16H,3,5-6,8-14H2. The number of hydrogen-bond donors (Lipinski definition) is 0. The van der Waals surface area contributed by atoms with E-state index in [2.05, 4.69) is 30.7 Å². The first kappa shape index (κ1) is 17.8. The highest BCUT2D eigenvalue weighted by atomic mass is 32.2. The van der Waals surface area contributed by atoms with Crippen LogP contribution >= 0.6 is 11.8 Å². The quantitative estimate of drug-likeness (QED) is 0.686. The second-order valence-electron chi connectivity index (χ2n) is 6.55. The number of rotatable bonds is 7. The van der Waals surface area contributed by atoms with E-state index in [1.165, 1.54) is 0 Å². The number of hydrogen-bond acceptors (Lipinski definition) is 7. The SMILES string of the molecule is c1ccc(CCSc2nnc(N3CCOCC3)n2CC2CCCO2)nc1. The van der Waals surface area contributed by atoms with Gasteiger partial charge in [-0.05, 0) is 31.4 Å². The second kappa shape index (κ2) is 8.83. The fourth-order valence-electron chi connectivity index (χ4n) is 3.33. The number of pyridine rings is 1. The van der Waals surface area contributed by atoms with Gasteiger partial charge in [-0.15, -0.1) is 10.2 Å². The summed E-state index contributed by atoms with van der Waals surface area (Å²) in [4.78, 5) is 6.67. The van der Waals surface area contributed by atoms with Crippen molar-refractivity contribution in [1.29, 1.82) is 0 Å². The third-order valence-corrected chi connectivity index (χ3v) is 5.69. The zero-order valence-corrected chi connectivity index (χ0v) is 15.7. The van der Waals surface area contributed by atoms with E-state index in [0.29, 0.717) is 0 Å². The molecule has 2 aromatic heterocycles. The van der Waals surface area contributed by atoms with E-state index < -0.39 is 0 Å². The maximum Gasteiger partial charge on any atom is 0.228 e. The van der Waals surface area contributed by atoms with Gasteiger partial charge in [0.25, 0.3) is 0 Å². The van der Waals surface area contributed by atoms with Crippen LogP contribution in [0.3, 0.4) is 0 Å². The van der Waals surface area contributed by atoms with Crippen LogP contribution in [-0.2, 0) is 22.4 Å². The summed E-state index contributed by atoms with van der Waals surface area (Å²) in [7, 11) is 0. The van der Waals surface area contributed by atoms with Gasteiger partial charge in [-0.3, -0.25) is 9.55 Å². The molecule has 4 heterocycles. The zero-order valence-electron chi connectivity index (χ0n) is 14.9. The van der Waals surface area contributed by atoms with Gasteiger partial charge >= 0.3 is 0 Å². The summed E-state index contributed by atoms with van der Waals surface area (Å²) in [6, 6.07) is 6.05. The largest absolute Gasteiger partial charge is 0.378 e. The van der Waals surface area contributed by atoms with Crippen molar-refractivity contribution in [1.82, 2.24) is 19.7 Å². The van der Waals surface area contributed by atoms with E-state index in [9.17, 15) is 0 Å². The number of aromatic nitrogens is 4. The van der Waals surface area contributed by atoms with Gasteiger partial charge in [0.05, 0.1) is 25.9 Å². The number of thioether (sulfide) groups is 1. The Kier molecular flexibility index (Phi) is 6.03. The third kappa shape index (κ3) is 4.36. The van der Waals surface area contributed by atoms with Crippen molar-refractivity contribution in [2.24, 2.45) is 0 Å². The molecule has 0 aromatic carbocycles. The van der Waals surface area contributed by atoms with Crippen molar-refractivity contribution in [2.45, 2.75) is 37.1 Å². The minimum Gasteiger partial charge on any atom is -0.378 e. The molecule has 0 aliphatic carbocycles. The Labute approximate surface area is 158 Å². The number of nitrogens with zero attached hydrogens (tertiary/aromatic N) is 5.